The van der Waals surface area contributed by atoms with Crippen molar-refractivity contribution in [3.8, 4) is 0 Å². The van der Waals surface area contributed by atoms with E-state index in [0.717, 1.165) is 22.6 Å². The van der Waals surface area contributed by atoms with Gasteiger partial charge in [0, 0.05) is 19.6 Å². The highest BCUT2D eigenvalue weighted by Gasteiger charge is 2.26. The molecule has 0 bridgehead atoms. The van der Waals surface area contributed by atoms with Gasteiger partial charge < -0.3 is 5.32 Å². The first-order chi connectivity index (χ1) is 7.69. The van der Waals surface area contributed by atoms with Crippen molar-refractivity contribution >= 4 is 16.5 Å². The van der Waals surface area contributed by atoms with Crippen LogP contribution < -0.4 is 5.32 Å². The average Bonchev–Trinajstić information content (AvgIpc) is 2.95. The van der Waals surface area contributed by atoms with Gasteiger partial charge in [-0.1, -0.05) is 11.3 Å². The van der Waals surface area contributed by atoms with E-state index in [0.29, 0.717) is 6.04 Å². The van der Waals surface area contributed by atoms with Gasteiger partial charge in [-0.05, 0) is 32.6 Å². The third-order valence-electron chi connectivity index (χ3n) is 2.94. The minimum Gasteiger partial charge on any atom is -0.363 e. The molecule has 5 heteroatoms. The van der Waals surface area contributed by atoms with Gasteiger partial charge in [0.05, 0.1) is 6.54 Å². The number of nitrogens with zero attached hydrogens (tertiary/aromatic N) is 3. The van der Waals surface area contributed by atoms with Crippen LogP contribution in [0, 0.1) is 5.92 Å². The monoisotopic (exact) mass is 240 g/mol. The van der Waals surface area contributed by atoms with E-state index in [9.17, 15) is 0 Å². The summed E-state index contributed by atoms with van der Waals surface area (Å²) in [6.45, 7) is 6.66. The van der Waals surface area contributed by atoms with E-state index in [4.69, 9.17) is 0 Å². The summed E-state index contributed by atoms with van der Waals surface area (Å²) in [6, 6.07) is 0.586. The second-order valence-corrected chi connectivity index (χ2v) is 5.78. The highest BCUT2D eigenvalue weighted by molar-refractivity contribution is 7.15. The molecule has 0 spiro atoms. The molecule has 0 radical (unpaired) electrons. The van der Waals surface area contributed by atoms with Crippen LogP contribution in [-0.4, -0.2) is 34.7 Å². The van der Waals surface area contributed by atoms with Crippen LogP contribution in [0.4, 0.5) is 5.13 Å². The summed E-state index contributed by atoms with van der Waals surface area (Å²) in [6.07, 6.45) is 2.81. The van der Waals surface area contributed by atoms with Gasteiger partial charge >= 0.3 is 0 Å². The molecule has 1 aromatic heterocycles. The molecule has 1 N–H and O–H groups in total. The van der Waals surface area contributed by atoms with Crippen molar-refractivity contribution in [1.82, 2.24) is 15.1 Å². The first-order valence-corrected chi connectivity index (χ1v) is 6.75. The first kappa shape index (κ1) is 11.8. The topological polar surface area (TPSA) is 41.1 Å². The summed E-state index contributed by atoms with van der Waals surface area (Å²) in [5, 5.41) is 13.3. The first-order valence-electron chi connectivity index (χ1n) is 5.93. The molecular formula is C11H20N4S. The minimum atomic E-state index is 0.586. The Morgan fingerprint density at radius 1 is 1.44 bits per heavy atom. The molecule has 1 saturated carbocycles. The van der Waals surface area contributed by atoms with Crippen molar-refractivity contribution in [2.45, 2.75) is 39.3 Å². The highest BCUT2D eigenvalue weighted by Crippen LogP contribution is 2.31. The maximum atomic E-state index is 4.20. The molecule has 1 fully saturated rings. The predicted molar refractivity (Wildman–Crippen MR) is 67.7 cm³/mol. The summed E-state index contributed by atoms with van der Waals surface area (Å²) in [5.41, 5.74) is 0. The third-order valence-corrected chi connectivity index (χ3v) is 3.86. The molecule has 1 heterocycles. The number of rotatable bonds is 6. The molecule has 0 saturated heterocycles. The molecule has 0 atom stereocenters. The maximum absolute atomic E-state index is 4.20. The molecule has 1 aromatic rings. The number of aromatic nitrogens is 2. The second-order valence-electron chi connectivity index (χ2n) is 4.72. The summed E-state index contributed by atoms with van der Waals surface area (Å²) in [5.74, 6) is 0.930. The van der Waals surface area contributed by atoms with Gasteiger partial charge in [0.1, 0.15) is 5.01 Å². The summed E-state index contributed by atoms with van der Waals surface area (Å²) >= 11 is 1.65. The van der Waals surface area contributed by atoms with Crippen molar-refractivity contribution in [2.24, 2.45) is 5.92 Å². The lowest BCUT2D eigenvalue weighted by atomic mass is 10.3. The predicted octanol–water partition coefficient (Wildman–Crippen LogP) is 2.20. The Hall–Kier alpha value is -0.680. The van der Waals surface area contributed by atoms with Crippen molar-refractivity contribution in [2.75, 3.05) is 18.9 Å². The lowest BCUT2D eigenvalue weighted by Crippen LogP contribution is -2.32. The van der Waals surface area contributed by atoms with Crippen LogP contribution >= 0.6 is 11.3 Å². The Kier molecular flexibility index (Phi) is 3.76. The quantitative estimate of drug-likeness (QED) is 0.827. The fraction of sp³-hybridized carbons (Fsp3) is 0.818. The Labute approximate surface area is 101 Å². The highest BCUT2D eigenvalue weighted by atomic mass is 32.1. The van der Waals surface area contributed by atoms with E-state index in [1.807, 2.05) is 7.05 Å². The van der Waals surface area contributed by atoms with E-state index >= 15 is 0 Å². The number of hydrogen-bond acceptors (Lipinski definition) is 5. The number of hydrogen-bond donors (Lipinski definition) is 1. The van der Waals surface area contributed by atoms with E-state index in [1.54, 1.807) is 11.3 Å². The smallest absolute Gasteiger partial charge is 0.205 e. The average molecular weight is 240 g/mol. The molecule has 4 nitrogen and oxygen atoms in total. The molecule has 0 amide bonds. The van der Waals surface area contributed by atoms with Crippen LogP contribution in [0.25, 0.3) is 0 Å². The number of nitrogens with one attached hydrogen (secondary N) is 1. The lowest BCUT2D eigenvalue weighted by Gasteiger charge is -2.24. The zero-order valence-corrected chi connectivity index (χ0v) is 11.0. The number of anilines is 1. The maximum Gasteiger partial charge on any atom is 0.205 e. The van der Waals surface area contributed by atoms with E-state index in [-0.39, 0.29) is 0 Å². The Morgan fingerprint density at radius 2 is 2.19 bits per heavy atom. The molecule has 16 heavy (non-hydrogen) atoms. The van der Waals surface area contributed by atoms with Crippen LogP contribution in [0.5, 0.6) is 0 Å². The SMILES string of the molecule is CNc1nnc(CN(CC2CC2)C(C)C)s1. The van der Waals surface area contributed by atoms with Gasteiger partial charge in [0.2, 0.25) is 5.13 Å². The van der Waals surface area contributed by atoms with Gasteiger partial charge in [-0.25, -0.2) is 0 Å². The van der Waals surface area contributed by atoms with Crippen molar-refractivity contribution in [3.05, 3.63) is 5.01 Å². The Bertz CT molecular complexity index is 332. The van der Waals surface area contributed by atoms with Crippen LogP contribution in [0.2, 0.25) is 0 Å². The molecule has 1 aliphatic carbocycles. The van der Waals surface area contributed by atoms with Crippen LogP contribution in [0.1, 0.15) is 31.7 Å². The van der Waals surface area contributed by atoms with E-state index in [2.05, 4.69) is 34.3 Å². The normalized spacial score (nSPS) is 16.1. The van der Waals surface area contributed by atoms with Crippen molar-refractivity contribution in [1.29, 1.82) is 0 Å². The van der Waals surface area contributed by atoms with Gasteiger partial charge in [0.25, 0.3) is 0 Å². The largest absolute Gasteiger partial charge is 0.363 e. The summed E-state index contributed by atoms with van der Waals surface area (Å²) in [7, 11) is 1.88. The second kappa shape index (κ2) is 5.10. The zero-order valence-electron chi connectivity index (χ0n) is 10.2. The molecule has 0 aromatic carbocycles. The summed E-state index contributed by atoms with van der Waals surface area (Å²) < 4.78 is 0. The standard InChI is InChI=1S/C11H20N4S/c1-8(2)15(6-9-4-5-9)7-10-13-14-11(12-3)16-10/h8-9H,4-7H2,1-3H3,(H,12,14). The molecule has 1 aliphatic rings. The Morgan fingerprint density at radius 3 is 2.69 bits per heavy atom. The van der Waals surface area contributed by atoms with Crippen molar-refractivity contribution < 1.29 is 0 Å². The van der Waals surface area contributed by atoms with Gasteiger partial charge in [-0.2, -0.15) is 0 Å². The lowest BCUT2D eigenvalue weighted by molar-refractivity contribution is 0.203. The molecular weight excluding hydrogens is 220 g/mol. The van der Waals surface area contributed by atoms with E-state index < -0.39 is 0 Å². The van der Waals surface area contributed by atoms with Gasteiger partial charge in [0.15, 0.2) is 0 Å². The molecule has 0 unspecified atom stereocenters. The minimum absolute atomic E-state index is 0.586. The van der Waals surface area contributed by atoms with E-state index in [1.165, 1.54) is 19.4 Å². The third kappa shape index (κ3) is 3.15. The molecule has 90 valence electrons. The zero-order chi connectivity index (χ0) is 11.5. The fourth-order valence-corrected chi connectivity index (χ4v) is 2.40. The Balaban J connectivity index is 1.92. The molecule has 2 rings (SSSR count). The summed E-state index contributed by atoms with van der Waals surface area (Å²) in [4.78, 5) is 2.50. The van der Waals surface area contributed by atoms with Crippen LogP contribution in [-0.2, 0) is 6.54 Å². The van der Waals surface area contributed by atoms with Crippen LogP contribution in [0.3, 0.4) is 0 Å². The molecule has 0 aliphatic heterocycles. The van der Waals surface area contributed by atoms with Crippen molar-refractivity contribution in [3.63, 3.8) is 0 Å². The van der Waals surface area contributed by atoms with Gasteiger partial charge in [-0.15, -0.1) is 10.2 Å². The van der Waals surface area contributed by atoms with Gasteiger partial charge in [-0.3, -0.25) is 4.90 Å². The van der Waals surface area contributed by atoms with Crippen LogP contribution in [0.15, 0.2) is 0 Å². The fourth-order valence-electron chi connectivity index (χ4n) is 1.68.